The molecule has 7 heteroatoms. The summed E-state index contributed by atoms with van der Waals surface area (Å²) in [6, 6.07) is 14.8. The number of aromatic nitrogens is 2. The fourth-order valence-electron chi connectivity index (χ4n) is 2.33. The second-order valence-electron chi connectivity index (χ2n) is 5.39. The predicted octanol–water partition coefficient (Wildman–Crippen LogP) is 3.81. The van der Waals surface area contributed by atoms with Crippen LogP contribution in [0, 0.1) is 0 Å². The molecular formula is C19H17ClN4O2. The summed E-state index contributed by atoms with van der Waals surface area (Å²) in [5.74, 6) is 0.908. The van der Waals surface area contributed by atoms with Crippen LogP contribution in [0.5, 0.6) is 5.75 Å². The number of anilines is 2. The van der Waals surface area contributed by atoms with Crippen molar-refractivity contribution in [3.8, 4) is 5.75 Å². The van der Waals surface area contributed by atoms with E-state index in [2.05, 4.69) is 20.6 Å². The third kappa shape index (κ3) is 4.29. The number of nitrogens with one attached hydrogen (secondary N) is 2. The fraction of sp³-hybridized carbons (Fsp3) is 0.105. The molecule has 0 unspecified atom stereocenters. The van der Waals surface area contributed by atoms with E-state index in [1.54, 1.807) is 13.2 Å². The van der Waals surface area contributed by atoms with Gasteiger partial charge in [0.2, 0.25) is 0 Å². The second-order valence-corrected chi connectivity index (χ2v) is 5.79. The van der Waals surface area contributed by atoms with Gasteiger partial charge in [0.15, 0.2) is 0 Å². The third-order valence-corrected chi connectivity index (χ3v) is 3.98. The van der Waals surface area contributed by atoms with Crippen LogP contribution in [0.25, 0.3) is 0 Å². The maximum atomic E-state index is 12.2. The van der Waals surface area contributed by atoms with Crippen molar-refractivity contribution >= 4 is 29.0 Å². The lowest BCUT2D eigenvalue weighted by molar-refractivity contribution is 0.0945. The smallest absolute Gasteiger partial charge is 0.271 e. The van der Waals surface area contributed by atoms with E-state index in [0.29, 0.717) is 17.4 Å². The standard InChI is InChI=1S/C19H17ClN4O2/c1-26-17-9-5-2-6-13(17)10-23-19(25)16-11-22-18(12-21-16)24-15-8-4-3-7-14(15)20/h2-9,11-12H,10H2,1H3,(H,22,24)(H,23,25). The molecular weight excluding hydrogens is 352 g/mol. The molecule has 0 radical (unpaired) electrons. The molecule has 1 heterocycles. The van der Waals surface area contributed by atoms with Crippen molar-refractivity contribution in [2.45, 2.75) is 6.54 Å². The van der Waals surface area contributed by atoms with E-state index in [1.807, 2.05) is 42.5 Å². The summed E-state index contributed by atoms with van der Waals surface area (Å²) in [4.78, 5) is 20.6. The molecule has 3 aromatic rings. The molecule has 0 aliphatic carbocycles. The molecule has 0 saturated carbocycles. The minimum atomic E-state index is -0.312. The summed E-state index contributed by atoms with van der Waals surface area (Å²) in [7, 11) is 1.59. The number of para-hydroxylation sites is 2. The van der Waals surface area contributed by atoms with Crippen molar-refractivity contribution in [2.24, 2.45) is 0 Å². The molecule has 0 bridgehead atoms. The monoisotopic (exact) mass is 368 g/mol. The molecule has 132 valence electrons. The molecule has 0 fully saturated rings. The van der Waals surface area contributed by atoms with E-state index in [-0.39, 0.29) is 11.6 Å². The topological polar surface area (TPSA) is 76.1 Å². The molecule has 2 aromatic carbocycles. The number of nitrogens with zero attached hydrogens (tertiary/aromatic N) is 2. The van der Waals surface area contributed by atoms with E-state index >= 15 is 0 Å². The highest BCUT2D eigenvalue weighted by Gasteiger charge is 2.10. The van der Waals surface area contributed by atoms with Crippen molar-refractivity contribution in [3.05, 3.63) is 77.2 Å². The molecule has 1 amide bonds. The number of rotatable bonds is 6. The number of halogens is 1. The molecule has 2 N–H and O–H groups in total. The van der Waals surface area contributed by atoms with Gasteiger partial charge < -0.3 is 15.4 Å². The fourth-order valence-corrected chi connectivity index (χ4v) is 2.51. The number of benzene rings is 2. The number of hydrogen-bond acceptors (Lipinski definition) is 5. The van der Waals surface area contributed by atoms with Crippen molar-refractivity contribution in [1.82, 2.24) is 15.3 Å². The van der Waals surface area contributed by atoms with Gasteiger partial charge in [-0.15, -0.1) is 0 Å². The Morgan fingerprint density at radius 2 is 1.85 bits per heavy atom. The molecule has 1 aromatic heterocycles. The van der Waals surface area contributed by atoms with Gasteiger partial charge in [0, 0.05) is 12.1 Å². The van der Waals surface area contributed by atoms with Crippen LogP contribution in [0.2, 0.25) is 5.02 Å². The molecule has 3 rings (SSSR count). The maximum Gasteiger partial charge on any atom is 0.271 e. The van der Waals surface area contributed by atoms with Crippen molar-refractivity contribution in [3.63, 3.8) is 0 Å². The minimum Gasteiger partial charge on any atom is -0.496 e. The zero-order valence-electron chi connectivity index (χ0n) is 14.1. The summed E-state index contributed by atoms with van der Waals surface area (Å²) >= 11 is 6.09. The van der Waals surface area contributed by atoms with E-state index in [4.69, 9.17) is 16.3 Å². The third-order valence-electron chi connectivity index (χ3n) is 3.65. The van der Waals surface area contributed by atoms with Crippen molar-refractivity contribution < 1.29 is 9.53 Å². The zero-order chi connectivity index (χ0) is 18.4. The Balaban J connectivity index is 1.63. The molecule has 0 aliphatic heterocycles. The van der Waals surface area contributed by atoms with Gasteiger partial charge in [0.05, 0.1) is 30.2 Å². The van der Waals surface area contributed by atoms with Crippen LogP contribution in [0.3, 0.4) is 0 Å². The zero-order valence-corrected chi connectivity index (χ0v) is 14.8. The summed E-state index contributed by atoms with van der Waals surface area (Å²) in [5.41, 5.74) is 1.83. The Morgan fingerprint density at radius 3 is 2.58 bits per heavy atom. The molecule has 0 atom stereocenters. The van der Waals surface area contributed by atoms with E-state index in [9.17, 15) is 4.79 Å². The number of ether oxygens (including phenoxy) is 1. The van der Waals surface area contributed by atoms with Gasteiger partial charge in [-0.3, -0.25) is 4.79 Å². The van der Waals surface area contributed by atoms with Gasteiger partial charge in [-0.2, -0.15) is 0 Å². The summed E-state index contributed by atoms with van der Waals surface area (Å²) in [6.07, 6.45) is 2.90. The van der Waals surface area contributed by atoms with Crippen LogP contribution in [0.4, 0.5) is 11.5 Å². The first-order valence-electron chi connectivity index (χ1n) is 7.91. The molecule has 0 spiro atoms. The lowest BCUT2D eigenvalue weighted by Crippen LogP contribution is -2.24. The minimum absolute atomic E-state index is 0.226. The van der Waals surface area contributed by atoms with Crippen LogP contribution in [-0.2, 0) is 6.54 Å². The van der Waals surface area contributed by atoms with Crippen LogP contribution < -0.4 is 15.4 Å². The van der Waals surface area contributed by atoms with E-state index < -0.39 is 0 Å². The number of methoxy groups -OCH3 is 1. The van der Waals surface area contributed by atoms with Crippen LogP contribution in [0.1, 0.15) is 16.1 Å². The van der Waals surface area contributed by atoms with Crippen LogP contribution in [-0.4, -0.2) is 23.0 Å². The first-order chi connectivity index (χ1) is 12.7. The Labute approximate surface area is 156 Å². The quantitative estimate of drug-likeness (QED) is 0.691. The first-order valence-corrected chi connectivity index (χ1v) is 8.29. The Kier molecular flexibility index (Phi) is 5.66. The lowest BCUT2D eigenvalue weighted by Gasteiger charge is -2.10. The summed E-state index contributed by atoms with van der Waals surface area (Å²) in [5, 5.41) is 6.44. The van der Waals surface area contributed by atoms with Crippen molar-refractivity contribution in [1.29, 1.82) is 0 Å². The largest absolute Gasteiger partial charge is 0.496 e. The molecule has 0 saturated heterocycles. The van der Waals surface area contributed by atoms with Gasteiger partial charge >= 0.3 is 0 Å². The Bertz CT molecular complexity index is 900. The number of hydrogen-bond donors (Lipinski definition) is 2. The maximum absolute atomic E-state index is 12.2. The lowest BCUT2D eigenvalue weighted by atomic mass is 10.2. The Morgan fingerprint density at radius 1 is 1.08 bits per heavy atom. The number of carbonyl (C=O) groups is 1. The van der Waals surface area contributed by atoms with Crippen LogP contribution in [0.15, 0.2) is 60.9 Å². The Hall–Kier alpha value is -3.12. The highest BCUT2D eigenvalue weighted by atomic mass is 35.5. The van der Waals surface area contributed by atoms with E-state index in [1.165, 1.54) is 12.4 Å². The number of amides is 1. The van der Waals surface area contributed by atoms with Gasteiger partial charge in [-0.05, 0) is 18.2 Å². The van der Waals surface area contributed by atoms with Gasteiger partial charge in [0.1, 0.15) is 17.3 Å². The molecule has 0 aliphatic rings. The summed E-state index contributed by atoms with van der Waals surface area (Å²) in [6.45, 7) is 0.337. The average Bonchev–Trinajstić information content (AvgIpc) is 2.68. The predicted molar refractivity (Wildman–Crippen MR) is 101 cm³/mol. The molecule has 6 nitrogen and oxygen atoms in total. The highest BCUT2D eigenvalue weighted by molar-refractivity contribution is 6.33. The molecule has 26 heavy (non-hydrogen) atoms. The average molecular weight is 369 g/mol. The SMILES string of the molecule is COc1ccccc1CNC(=O)c1cnc(Nc2ccccc2Cl)cn1. The number of carbonyl (C=O) groups excluding carboxylic acids is 1. The summed E-state index contributed by atoms with van der Waals surface area (Å²) < 4.78 is 5.27. The van der Waals surface area contributed by atoms with Gasteiger partial charge in [0.25, 0.3) is 5.91 Å². The van der Waals surface area contributed by atoms with Gasteiger partial charge in [-0.25, -0.2) is 9.97 Å². The van der Waals surface area contributed by atoms with E-state index in [0.717, 1.165) is 17.0 Å². The van der Waals surface area contributed by atoms with Gasteiger partial charge in [-0.1, -0.05) is 41.9 Å². The van der Waals surface area contributed by atoms with Crippen molar-refractivity contribution in [2.75, 3.05) is 12.4 Å². The second kappa shape index (κ2) is 8.31. The first kappa shape index (κ1) is 17.7. The normalized spacial score (nSPS) is 10.2. The van der Waals surface area contributed by atoms with Crippen LogP contribution >= 0.6 is 11.6 Å². The highest BCUT2D eigenvalue weighted by Crippen LogP contribution is 2.23.